The fourth-order valence-electron chi connectivity index (χ4n) is 0.749. The van der Waals surface area contributed by atoms with Crippen molar-refractivity contribution in [2.45, 2.75) is 0 Å². The third-order valence-corrected chi connectivity index (χ3v) is 2.58. The van der Waals surface area contributed by atoms with E-state index in [1.807, 2.05) is 30.3 Å². The molecule has 0 radical (unpaired) electrons. The molecule has 1 aliphatic heterocycles. The van der Waals surface area contributed by atoms with E-state index in [9.17, 15) is 0 Å². The first-order chi connectivity index (χ1) is 4.47. The van der Waals surface area contributed by atoms with E-state index < -0.39 is 9.28 Å². The zero-order chi connectivity index (χ0) is 6.10. The van der Waals surface area contributed by atoms with Crippen molar-refractivity contribution in [2.24, 2.45) is 0 Å². The molecule has 0 aromatic heterocycles. The SMILES string of the molecule is c1ccc([SiH]2OO2)cc1. The van der Waals surface area contributed by atoms with Crippen molar-refractivity contribution in [3.8, 4) is 0 Å². The molecule has 0 bridgehead atoms. The molecule has 0 aliphatic carbocycles. The number of benzene rings is 1. The summed E-state index contributed by atoms with van der Waals surface area (Å²) in [5.41, 5.74) is 0. The van der Waals surface area contributed by atoms with Crippen LogP contribution in [0.5, 0.6) is 0 Å². The second-order valence-corrected chi connectivity index (χ2v) is 3.65. The topological polar surface area (TPSA) is 25.1 Å². The lowest BCUT2D eigenvalue weighted by Crippen LogP contribution is -2.14. The quantitative estimate of drug-likeness (QED) is 0.312. The maximum Gasteiger partial charge on any atom is 0.423 e. The Labute approximate surface area is 54.8 Å². The molecule has 0 spiro atoms. The minimum Gasteiger partial charge on any atom is -0.255 e. The molecule has 1 aromatic rings. The van der Waals surface area contributed by atoms with E-state index in [1.54, 1.807) is 0 Å². The van der Waals surface area contributed by atoms with Crippen LogP contribution in [-0.2, 0) is 9.15 Å². The summed E-state index contributed by atoms with van der Waals surface area (Å²) < 4.78 is 9.47. The Kier molecular flexibility index (Phi) is 1.12. The molecule has 9 heavy (non-hydrogen) atoms. The summed E-state index contributed by atoms with van der Waals surface area (Å²) in [5, 5.41) is 1.22. The molecule has 1 fully saturated rings. The molecule has 1 aliphatic rings. The normalized spacial score (nSPS) is 17.8. The highest BCUT2D eigenvalue weighted by atomic mass is 28.3. The van der Waals surface area contributed by atoms with Crippen molar-refractivity contribution < 1.29 is 9.15 Å². The fourth-order valence-corrected chi connectivity index (χ4v) is 1.73. The van der Waals surface area contributed by atoms with Crippen LogP contribution in [0.1, 0.15) is 0 Å². The number of hydrogen-bond donors (Lipinski definition) is 0. The van der Waals surface area contributed by atoms with E-state index in [1.165, 1.54) is 5.19 Å². The van der Waals surface area contributed by atoms with Gasteiger partial charge in [0, 0.05) is 0 Å². The van der Waals surface area contributed by atoms with Crippen LogP contribution in [0.3, 0.4) is 0 Å². The third kappa shape index (κ3) is 1.02. The zero-order valence-corrected chi connectivity index (χ0v) is 5.94. The van der Waals surface area contributed by atoms with E-state index in [0.29, 0.717) is 0 Å². The van der Waals surface area contributed by atoms with Crippen molar-refractivity contribution in [3.63, 3.8) is 0 Å². The summed E-state index contributed by atoms with van der Waals surface area (Å²) in [5.74, 6) is 0. The molecule has 0 amide bonds. The first kappa shape index (κ1) is 5.17. The summed E-state index contributed by atoms with van der Waals surface area (Å²) in [6.07, 6.45) is 0. The average Bonchev–Trinajstić information content (AvgIpc) is 2.71. The lowest BCUT2D eigenvalue weighted by Gasteiger charge is -1.84. The molecule has 1 saturated heterocycles. The molecule has 3 heteroatoms. The van der Waals surface area contributed by atoms with Gasteiger partial charge >= 0.3 is 9.28 Å². The Morgan fingerprint density at radius 2 is 1.67 bits per heavy atom. The van der Waals surface area contributed by atoms with Gasteiger partial charge in [-0.15, -0.1) is 0 Å². The summed E-state index contributed by atoms with van der Waals surface area (Å²) in [6.45, 7) is 0. The third-order valence-electron chi connectivity index (χ3n) is 1.26. The maximum absolute atomic E-state index is 4.73. The van der Waals surface area contributed by atoms with E-state index in [2.05, 4.69) is 0 Å². The summed E-state index contributed by atoms with van der Waals surface area (Å²) in [6, 6.07) is 10.0. The largest absolute Gasteiger partial charge is 0.423 e. The highest BCUT2D eigenvalue weighted by Crippen LogP contribution is 2.05. The Morgan fingerprint density at radius 1 is 1.00 bits per heavy atom. The summed E-state index contributed by atoms with van der Waals surface area (Å²) >= 11 is 0. The fraction of sp³-hybridized carbons (Fsp3) is 0. The van der Waals surface area contributed by atoms with Gasteiger partial charge in [0.2, 0.25) is 0 Å². The first-order valence-electron chi connectivity index (χ1n) is 2.84. The van der Waals surface area contributed by atoms with Gasteiger partial charge in [-0.1, -0.05) is 30.3 Å². The highest BCUT2D eigenvalue weighted by molar-refractivity contribution is 6.65. The van der Waals surface area contributed by atoms with Crippen LogP contribution in [0.4, 0.5) is 0 Å². The lowest BCUT2D eigenvalue weighted by atomic mass is 10.4. The van der Waals surface area contributed by atoms with Crippen molar-refractivity contribution in [3.05, 3.63) is 30.3 Å². The zero-order valence-electron chi connectivity index (χ0n) is 4.78. The van der Waals surface area contributed by atoms with Gasteiger partial charge in [0.1, 0.15) is 0 Å². The monoisotopic (exact) mass is 138 g/mol. The predicted molar refractivity (Wildman–Crippen MR) is 35.4 cm³/mol. The highest BCUT2D eigenvalue weighted by Gasteiger charge is 2.31. The van der Waals surface area contributed by atoms with E-state index in [-0.39, 0.29) is 0 Å². The van der Waals surface area contributed by atoms with E-state index in [4.69, 9.17) is 9.15 Å². The Balaban J connectivity index is 2.29. The van der Waals surface area contributed by atoms with Crippen LogP contribution in [0.25, 0.3) is 0 Å². The molecule has 0 unspecified atom stereocenters. The molecule has 0 atom stereocenters. The van der Waals surface area contributed by atoms with Gasteiger partial charge in [-0.05, 0) is 5.19 Å². The molecule has 1 heterocycles. The second kappa shape index (κ2) is 1.95. The number of hydrogen-bond acceptors (Lipinski definition) is 2. The van der Waals surface area contributed by atoms with Crippen molar-refractivity contribution >= 4 is 14.5 Å². The van der Waals surface area contributed by atoms with Gasteiger partial charge in [-0.2, -0.15) is 0 Å². The molecule has 0 saturated carbocycles. The lowest BCUT2D eigenvalue weighted by molar-refractivity contribution is 0.0850. The van der Waals surface area contributed by atoms with Gasteiger partial charge in [0.15, 0.2) is 0 Å². The van der Waals surface area contributed by atoms with Crippen LogP contribution in [-0.4, -0.2) is 9.28 Å². The van der Waals surface area contributed by atoms with Crippen LogP contribution in [0.15, 0.2) is 30.3 Å². The maximum atomic E-state index is 4.73. The minimum atomic E-state index is -1.28. The molecule has 46 valence electrons. The van der Waals surface area contributed by atoms with E-state index >= 15 is 0 Å². The molecule has 1 aromatic carbocycles. The second-order valence-electron chi connectivity index (χ2n) is 1.94. The van der Waals surface area contributed by atoms with Gasteiger partial charge in [-0.25, -0.2) is 0 Å². The predicted octanol–water partition coefficient (Wildman–Crippen LogP) is 0.0759. The first-order valence-corrected chi connectivity index (χ1v) is 4.36. The minimum absolute atomic E-state index is 1.22. The summed E-state index contributed by atoms with van der Waals surface area (Å²) in [4.78, 5) is 0. The Hall–Kier alpha value is -0.643. The van der Waals surface area contributed by atoms with Crippen LogP contribution >= 0.6 is 0 Å². The summed E-state index contributed by atoms with van der Waals surface area (Å²) in [7, 11) is -1.28. The Bertz CT molecular complexity index is 195. The Morgan fingerprint density at radius 3 is 2.22 bits per heavy atom. The van der Waals surface area contributed by atoms with Gasteiger partial charge in [-0.3, -0.25) is 9.15 Å². The van der Waals surface area contributed by atoms with Gasteiger partial charge in [0.25, 0.3) is 0 Å². The number of rotatable bonds is 1. The van der Waals surface area contributed by atoms with Gasteiger partial charge < -0.3 is 0 Å². The molecule has 2 nitrogen and oxygen atoms in total. The van der Waals surface area contributed by atoms with Crippen molar-refractivity contribution in [1.82, 2.24) is 0 Å². The van der Waals surface area contributed by atoms with Gasteiger partial charge in [0.05, 0.1) is 0 Å². The smallest absolute Gasteiger partial charge is 0.255 e. The molecule has 0 N–H and O–H groups in total. The van der Waals surface area contributed by atoms with Crippen LogP contribution < -0.4 is 5.19 Å². The average molecular weight is 138 g/mol. The molecule has 2 rings (SSSR count). The van der Waals surface area contributed by atoms with Crippen molar-refractivity contribution in [1.29, 1.82) is 0 Å². The molecular formula is C6H6O2Si. The van der Waals surface area contributed by atoms with Crippen LogP contribution in [0, 0.1) is 0 Å². The van der Waals surface area contributed by atoms with Crippen molar-refractivity contribution in [2.75, 3.05) is 0 Å². The van der Waals surface area contributed by atoms with E-state index in [0.717, 1.165) is 0 Å². The molecular weight excluding hydrogens is 132 g/mol. The van der Waals surface area contributed by atoms with Crippen LogP contribution in [0.2, 0.25) is 0 Å². The standard InChI is InChI=1S/C6H6O2Si/c1-2-4-6(5-3-1)9-7-8-9/h1-5,9H.